The Morgan fingerprint density at radius 1 is 1.55 bits per heavy atom. The maximum Gasteiger partial charge on any atom is 0.177 e. The van der Waals surface area contributed by atoms with Crippen LogP contribution in [0.5, 0.6) is 5.75 Å². The SMILES string of the molecule is CC(=O)c1sc(NC2CCN(C)C2)c(OC(C)C)c1N. The van der Waals surface area contributed by atoms with Crippen molar-refractivity contribution >= 4 is 27.8 Å². The Kier molecular flexibility index (Phi) is 4.55. The zero-order valence-corrected chi connectivity index (χ0v) is 13.3. The number of nitrogens with one attached hydrogen (secondary N) is 1. The Hall–Kier alpha value is -1.27. The second kappa shape index (κ2) is 6.01. The van der Waals surface area contributed by atoms with Crippen molar-refractivity contribution < 1.29 is 9.53 Å². The van der Waals surface area contributed by atoms with Gasteiger partial charge in [0.05, 0.1) is 16.7 Å². The van der Waals surface area contributed by atoms with Gasteiger partial charge in [0.15, 0.2) is 11.5 Å². The fraction of sp³-hybridized carbons (Fsp3) is 0.643. The first-order valence-electron chi connectivity index (χ1n) is 6.93. The monoisotopic (exact) mass is 297 g/mol. The number of carbonyl (C=O) groups excluding carboxylic acids is 1. The molecule has 2 heterocycles. The summed E-state index contributed by atoms with van der Waals surface area (Å²) in [5, 5.41) is 4.36. The number of Topliss-reactive ketones (excluding diaryl/α,β-unsaturated/α-hetero) is 1. The van der Waals surface area contributed by atoms with Crippen LogP contribution in [-0.4, -0.2) is 43.0 Å². The highest BCUT2D eigenvalue weighted by molar-refractivity contribution is 7.19. The summed E-state index contributed by atoms with van der Waals surface area (Å²) < 4.78 is 5.80. The predicted octanol–water partition coefficient (Wildman–Crippen LogP) is 2.44. The summed E-state index contributed by atoms with van der Waals surface area (Å²) >= 11 is 1.40. The molecule has 1 saturated heterocycles. The Balaban J connectivity index is 2.25. The minimum absolute atomic E-state index is 0.0160. The number of rotatable bonds is 5. The first-order chi connectivity index (χ1) is 9.38. The number of likely N-dealkylation sites (N-methyl/N-ethyl adjacent to an activating group) is 1. The van der Waals surface area contributed by atoms with Crippen molar-refractivity contribution in [2.45, 2.75) is 39.3 Å². The Morgan fingerprint density at radius 3 is 2.75 bits per heavy atom. The minimum Gasteiger partial charge on any atom is -0.486 e. The molecule has 1 aromatic rings. The van der Waals surface area contributed by atoms with Crippen LogP contribution in [0, 0.1) is 0 Å². The van der Waals surface area contributed by atoms with E-state index >= 15 is 0 Å². The third kappa shape index (κ3) is 3.24. The predicted molar refractivity (Wildman–Crippen MR) is 84.0 cm³/mol. The Labute approximate surface area is 124 Å². The summed E-state index contributed by atoms with van der Waals surface area (Å²) in [5.41, 5.74) is 6.53. The van der Waals surface area contributed by atoms with E-state index in [-0.39, 0.29) is 11.9 Å². The van der Waals surface area contributed by atoms with E-state index < -0.39 is 0 Å². The van der Waals surface area contributed by atoms with Gasteiger partial charge in [-0.25, -0.2) is 0 Å². The fourth-order valence-corrected chi connectivity index (χ4v) is 3.40. The van der Waals surface area contributed by atoms with E-state index in [4.69, 9.17) is 10.5 Å². The van der Waals surface area contributed by atoms with Gasteiger partial charge in [-0.3, -0.25) is 4.79 Å². The lowest BCUT2D eigenvalue weighted by Crippen LogP contribution is -2.23. The molecule has 0 aliphatic carbocycles. The second-order valence-corrected chi connectivity index (χ2v) is 6.64. The maximum absolute atomic E-state index is 11.6. The van der Waals surface area contributed by atoms with Crippen molar-refractivity contribution in [2.75, 3.05) is 31.2 Å². The summed E-state index contributed by atoms with van der Waals surface area (Å²) in [5.74, 6) is 0.613. The Morgan fingerprint density at radius 2 is 2.25 bits per heavy atom. The van der Waals surface area contributed by atoms with E-state index in [0.29, 0.717) is 22.4 Å². The summed E-state index contributed by atoms with van der Waals surface area (Å²) in [6, 6.07) is 0.382. The van der Waals surface area contributed by atoms with Gasteiger partial charge in [-0.15, -0.1) is 11.3 Å². The molecule has 0 saturated carbocycles. The van der Waals surface area contributed by atoms with Crippen LogP contribution in [0.2, 0.25) is 0 Å². The van der Waals surface area contributed by atoms with Crippen molar-refractivity contribution in [3.05, 3.63) is 4.88 Å². The number of ether oxygens (including phenoxy) is 1. The molecule has 2 rings (SSSR count). The molecule has 1 fully saturated rings. The van der Waals surface area contributed by atoms with Crippen molar-refractivity contribution in [3.63, 3.8) is 0 Å². The molecule has 112 valence electrons. The number of ketones is 1. The Bertz CT molecular complexity index is 499. The van der Waals surface area contributed by atoms with Crippen molar-refractivity contribution in [3.8, 4) is 5.75 Å². The molecule has 0 bridgehead atoms. The molecule has 1 aromatic heterocycles. The number of thiophene rings is 1. The number of nitrogen functional groups attached to an aromatic ring is 1. The lowest BCUT2D eigenvalue weighted by molar-refractivity contribution is 0.102. The minimum atomic E-state index is -0.0160. The van der Waals surface area contributed by atoms with Gasteiger partial charge in [0.25, 0.3) is 0 Å². The molecule has 0 radical (unpaired) electrons. The number of nitrogens with zero attached hydrogens (tertiary/aromatic N) is 1. The van der Waals surface area contributed by atoms with Crippen LogP contribution in [0.3, 0.4) is 0 Å². The molecule has 1 aliphatic rings. The van der Waals surface area contributed by atoms with Crippen molar-refractivity contribution in [1.82, 2.24) is 4.90 Å². The number of likely N-dealkylation sites (tertiary alicyclic amines) is 1. The quantitative estimate of drug-likeness (QED) is 0.817. The first kappa shape index (κ1) is 15.1. The first-order valence-corrected chi connectivity index (χ1v) is 7.75. The molecule has 0 spiro atoms. The summed E-state index contributed by atoms with van der Waals surface area (Å²) in [4.78, 5) is 14.5. The number of carbonyl (C=O) groups is 1. The van der Waals surface area contributed by atoms with Gasteiger partial charge in [0, 0.05) is 19.5 Å². The molecule has 1 aliphatic heterocycles. The lowest BCUT2D eigenvalue weighted by Gasteiger charge is -2.16. The molecule has 5 nitrogen and oxygen atoms in total. The topological polar surface area (TPSA) is 67.6 Å². The highest BCUT2D eigenvalue weighted by atomic mass is 32.1. The summed E-state index contributed by atoms with van der Waals surface area (Å²) in [7, 11) is 2.11. The van der Waals surface area contributed by atoms with Gasteiger partial charge in [0.1, 0.15) is 5.00 Å². The third-order valence-corrected chi connectivity index (χ3v) is 4.52. The van der Waals surface area contributed by atoms with Gasteiger partial charge in [-0.2, -0.15) is 0 Å². The highest BCUT2D eigenvalue weighted by Crippen LogP contribution is 2.44. The van der Waals surface area contributed by atoms with E-state index in [1.165, 1.54) is 18.3 Å². The van der Waals surface area contributed by atoms with Crippen LogP contribution in [0.15, 0.2) is 0 Å². The molecule has 6 heteroatoms. The van der Waals surface area contributed by atoms with Crippen molar-refractivity contribution in [2.24, 2.45) is 0 Å². The molecule has 20 heavy (non-hydrogen) atoms. The molecule has 0 aromatic carbocycles. The normalized spacial score (nSPS) is 19.6. The van der Waals surface area contributed by atoms with Crippen LogP contribution in [-0.2, 0) is 0 Å². The summed E-state index contributed by atoms with van der Waals surface area (Å²) in [6.07, 6.45) is 1.11. The van der Waals surface area contributed by atoms with Gasteiger partial charge in [-0.05, 0) is 33.9 Å². The number of hydrogen-bond donors (Lipinski definition) is 2. The number of nitrogens with two attached hydrogens (primary N) is 1. The van der Waals surface area contributed by atoms with Gasteiger partial charge in [0.2, 0.25) is 0 Å². The van der Waals surface area contributed by atoms with Crippen molar-refractivity contribution in [1.29, 1.82) is 0 Å². The molecular weight excluding hydrogens is 274 g/mol. The molecule has 1 unspecified atom stereocenters. The molecular formula is C14H23N3O2S. The third-order valence-electron chi connectivity index (χ3n) is 3.30. The second-order valence-electron chi connectivity index (χ2n) is 5.62. The molecule has 1 atom stereocenters. The van der Waals surface area contributed by atoms with Crippen LogP contribution < -0.4 is 15.8 Å². The van der Waals surface area contributed by atoms with E-state index in [1.54, 1.807) is 0 Å². The standard InChI is InChI=1S/C14H23N3O2S/c1-8(2)19-12-11(15)13(9(3)18)20-14(12)16-10-5-6-17(4)7-10/h8,10,16H,5-7,15H2,1-4H3. The molecule has 3 N–H and O–H groups in total. The smallest absolute Gasteiger partial charge is 0.177 e. The van der Waals surface area contributed by atoms with E-state index in [2.05, 4.69) is 17.3 Å². The lowest BCUT2D eigenvalue weighted by atomic mass is 10.2. The zero-order valence-electron chi connectivity index (χ0n) is 12.5. The van der Waals surface area contributed by atoms with Crippen LogP contribution in [0.1, 0.15) is 36.9 Å². The number of anilines is 2. The van der Waals surface area contributed by atoms with Gasteiger partial charge < -0.3 is 20.7 Å². The van der Waals surface area contributed by atoms with Gasteiger partial charge >= 0.3 is 0 Å². The van der Waals surface area contributed by atoms with E-state index in [9.17, 15) is 4.79 Å². The average Bonchev–Trinajstić information content (AvgIpc) is 2.87. The van der Waals surface area contributed by atoms with E-state index in [1.807, 2.05) is 13.8 Å². The van der Waals surface area contributed by atoms with E-state index in [0.717, 1.165) is 24.5 Å². The molecule has 0 amide bonds. The zero-order chi connectivity index (χ0) is 14.9. The number of hydrogen-bond acceptors (Lipinski definition) is 6. The highest BCUT2D eigenvalue weighted by Gasteiger charge is 2.25. The van der Waals surface area contributed by atoms with Gasteiger partial charge in [-0.1, -0.05) is 0 Å². The maximum atomic E-state index is 11.6. The van der Waals surface area contributed by atoms with Crippen LogP contribution in [0.25, 0.3) is 0 Å². The summed E-state index contributed by atoms with van der Waals surface area (Å²) in [6.45, 7) is 7.52. The fourth-order valence-electron chi connectivity index (χ4n) is 2.38. The average molecular weight is 297 g/mol. The van der Waals surface area contributed by atoms with Crippen LogP contribution in [0.4, 0.5) is 10.7 Å². The largest absolute Gasteiger partial charge is 0.486 e. The van der Waals surface area contributed by atoms with Crippen LogP contribution >= 0.6 is 11.3 Å².